The number of hydrogen-bond donors (Lipinski definition) is 1. The molecule has 0 aliphatic carbocycles. The Labute approximate surface area is 124 Å². The maximum absolute atomic E-state index is 13.4. The van der Waals surface area contributed by atoms with Crippen LogP contribution in [0.25, 0.3) is 10.8 Å². The Morgan fingerprint density at radius 3 is 2.76 bits per heavy atom. The normalized spacial score (nSPS) is 10.7. The maximum atomic E-state index is 13.4. The van der Waals surface area contributed by atoms with Crippen molar-refractivity contribution in [3.63, 3.8) is 0 Å². The first-order chi connectivity index (χ1) is 10.1. The first-order valence-electron chi connectivity index (χ1n) is 6.19. The second-order valence-corrected chi connectivity index (χ2v) is 5.45. The third-order valence-electron chi connectivity index (χ3n) is 3.02. The van der Waals surface area contributed by atoms with Crippen LogP contribution in [0.3, 0.4) is 0 Å². The Hall–Kier alpha value is -2.40. The lowest BCUT2D eigenvalue weighted by Crippen LogP contribution is -2.00. The van der Waals surface area contributed by atoms with Gasteiger partial charge in [0.05, 0.1) is 5.56 Å². The predicted molar refractivity (Wildman–Crippen MR) is 79.2 cm³/mol. The van der Waals surface area contributed by atoms with Crippen molar-refractivity contribution in [1.82, 2.24) is 4.98 Å². The Kier molecular flexibility index (Phi) is 3.58. The van der Waals surface area contributed by atoms with E-state index >= 15 is 0 Å². The minimum Gasteiger partial charge on any atom is -0.478 e. The van der Waals surface area contributed by atoms with E-state index in [2.05, 4.69) is 4.98 Å². The summed E-state index contributed by atoms with van der Waals surface area (Å²) in [5.74, 6) is -2.02. The number of nitrogens with zero attached hydrogens (tertiary/aromatic N) is 1. The van der Waals surface area contributed by atoms with Crippen LogP contribution in [0.5, 0.6) is 0 Å². The summed E-state index contributed by atoms with van der Waals surface area (Å²) in [6, 6.07) is 13.7. The lowest BCUT2D eigenvalue weighted by molar-refractivity contribution is 0.0691. The zero-order chi connectivity index (χ0) is 14.8. The van der Waals surface area contributed by atoms with Gasteiger partial charge < -0.3 is 5.11 Å². The monoisotopic (exact) mass is 299 g/mol. The molecule has 104 valence electrons. The van der Waals surface area contributed by atoms with Gasteiger partial charge >= 0.3 is 5.97 Å². The Bertz CT molecular complexity index is 830. The minimum absolute atomic E-state index is 0.333. The summed E-state index contributed by atoms with van der Waals surface area (Å²) in [5, 5.41) is 11.8. The van der Waals surface area contributed by atoms with Crippen molar-refractivity contribution in [3.8, 4) is 0 Å². The molecule has 1 heterocycles. The molecule has 0 spiro atoms. The third-order valence-corrected chi connectivity index (χ3v) is 4.03. The van der Waals surface area contributed by atoms with E-state index in [0.717, 1.165) is 21.9 Å². The zero-order valence-electron chi connectivity index (χ0n) is 10.8. The molecule has 0 bridgehead atoms. The van der Waals surface area contributed by atoms with Gasteiger partial charge in [-0.05, 0) is 29.7 Å². The predicted octanol–water partition coefficient (Wildman–Crippen LogP) is 4.22. The maximum Gasteiger partial charge on any atom is 0.338 e. The molecule has 3 rings (SSSR count). The highest BCUT2D eigenvalue weighted by molar-refractivity contribution is 7.99. The number of halogens is 1. The number of benzene rings is 2. The van der Waals surface area contributed by atoms with E-state index in [0.29, 0.717) is 4.90 Å². The molecule has 1 N–H and O–H groups in total. The molecule has 1 aromatic heterocycles. The molecule has 0 fully saturated rings. The van der Waals surface area contributed by atoms with Crippen LogP contribution in [0.2, 0.25) is 0 Å². The van der Waals surface area contributed by atoms with Crippen molar-refractivity contribution in [2.45, 2.75) is 9.92 Å². The molecule has 0 radical (unpaired) electrons. The van der Waals surface area contributed by atoms with Crippen LogP contribution >= 0.6 is 11.8 Å². The Morgan fingerprint density at radius 2 is 1.95 bits per heavy atom. The molecule has 0 atom stereocenters. The smallest absolute Gasteiger partial charge is 0.338 e. The van der Waals surface area contributed by atoms with Crippen LogP contribution in [0.1, 0.15) is 10.4 Å². The van der Waals surface area contributed by atoms with Crippen molar-refractivity contribution in [2.24, 2.45) is 0 Å². The van der Waals surface area contributed by atoms with E-state index in [-0.39, 0.29) is 5.56 Å². The van der Waals surface area contributed by atoms with Gasteiger partial charge in [-0.3, -0.25) is 0 Å². The third kappa shape index (κ3) is 2.73. The number of carboxylic acids is 1. The number of hydrogen-bond acceptors (Lipinski definition) is 3. The van der Waals surface area contributed by atoms with Gasteiger partial charge in [-0.1, -0.05) is 36.0 Å². The van der Waals surface area contributed by atoms with Gasteiger partial charge in [0.25, 0.3) is 0 Å². The molecule has 0 aliphatic rings. The van der Waals surface area contributed by atoms with Gasteiger partial charge in [-0.15, -0.1) is 0 Å². The van der Waals surface area contributed by atoms with Crippen LogP contribution < -0.4 is 0 Å². The number of aromatic nitrogens is 1. The minimum atomic E-state index is -1.28. The van der Waals surface area contributed by atoms with Crippen LogP contribution in [0.4, 0.5) is 4.39 Å². The van der Waals surface area contributed by atoms with E-state index in [9.17, 15) is 9.18 Å². The molecule has 0 unspecified atom stereocenters. The van der Waals surface area contributed by atoms with Crippen LogP contribution in [0.15, 0.2) is 64.6 Å². The fourth-order valence-corrected chi connectivity index (χ4v) is 2.96. The lowest BCUT2D eigenvalue weighted by atomic mass is 10.2. The molecule has 3 aromatic rings. The number of pyridine rings is 1. The van der Waals surface area contributed by atoms with Crippen LogP contribution in [-0.4, -0.2) is 16.1 Å². The highest BCUT2D eigenvalue weighted by Crippen LogP contribution is 2.32. The van der Waals surface area contributed by atoms with Crippen molar-refractivity contribution < 1.29 is 14.3 Å². The molecule has 2 aromatic carbocycles. The van der Waals surface area contributed by atoms with E-state index in [1.54, 1.807) is 12.3 Å². The van der Waals surface area contributed by atoms with Crippen LogP contribution in [0, 0.1) is 5.82 Å². The number of carbonyl (C=O) groups is 1. The van der Waals surface area contributed by atoms with Gasteiger partial charge in [0.15, 0.2) is 0 Å². The summed E-state index contributed by atoms with van der Waals surface area (Å²) in [4.78, 5) is 15.9. The van der Waals surface area contributed by atoms with Crippen molar-refractivity contribution >= 4 is 28.5 Å². The van der Waals surface area contributed by atoms with Gasteiger partial charge in [0, 0.05) is 16.5 Å². The molecule has 0 amide bonds. The number of aromatic carboxylic acids is 1. The van der Waals surface area contributed by atoms with Crippen molar-refractivity contribution in [3.05, 3.63) is 66.1 Å². The van der Waals surface area contributed by atoms with Gasteiger partial charge in [-0.25, -0.2) is 14.2 Å². The topological polar surface area (TPSA) is 50.2 Å². The van der Waals surface area contributed by atoms with Gasteiger partial charge in [0.1, 0.15) is 10.8 Å². The fourth-order valence-electron chi connectivity index (χ4n) is 2.02. The molecule has 0 saturated heterocycles. The van der Waals surface area contributed by atoms with E-state index in [4.69, 9.17) is 5.11 Å². The largest absolute Gasteiger partial charge is 0.478 e. The highest BCUT2D eigenvalue weighted by Gasteiger charge is 2.12. The second kappa shape index (κ2) is 5.54. The Morgan fingerprint density at radius 1 is 1.14 bits per heavy atom. The molecule has 0 saturated carbocycles. The first kappa shape index (κ1) is 13.6. The SMILES string of the molecule is O=C(O)c1cc(Sc2nccc3ccccc23)ccc1F. The zero-order valence-corrected chi connectivity index (χ0v) is 11.6. The van der Waals surface area contributed by atoms with Crippen LogP contribution in [-0.2, 0) is 0 Å². The molecule has 3 nitrogen and oxygen atoms in total. The van der Waals surface area contributed by atoms with Gasteiger partial charge in [-0.2, -0.15) is 0 Å². The fraction of sp³-hybridized carbons (Fsp3) is 0. The first-order valence-corrected chi connectivity index (χ1v) is 7.01. The Balaban J connectivity index is 2.03. The summed E-state index contributed by atoms with van der Waals surface area (Å²) >= 11 is 1.32. The molecule has 0 aliphatic heterocycles. The quantitative estimate of drug-likeness (QED) is 0.786. The summed E-state index contributed by atoms with van der Waals surface area (Å²) in [6.45, 7) is 0. The average molecular weight is 299 g/mol. The van der Waals surface area contributed by atoms with E-state index < -0.39 is 11.8 Å². The highest BCUT2D eigenvalue weighted by atomic mass is 32.2. The molecule has 21 heavy (non-hydrogen) atoms. The van der Waals surface area contributed by atoms with Crippen molar-refractivity contribution in [2.75, 3.05) is 0 Å². The van der Waals surface area contributed by atoms with Crippen molar-refractivity contribution in [1.29, 1.82) is 0 Å². The average Bonchev–Trinajstić information content (AvgIpc) is 2.49. The standard InChI is InChI=1S/C16H10FNO2S/c17-14-6-5-11(9-13(14)16(19)20)21-15-12-4-2-1-3-10(12)7-8-18-15/h1-9H,(H,19,20). The summed E-state index contributed by atoms with van der Waals surface area (Å²) in [6.07, 6.45) is 1.70. The number of fused-ring (bicyclic) bond motifs is 1. The summed E-state index contributed by atoms with van der Waals surface area (Å²) in [5.41, 5.74) is -0.333. The second-order valence-electron chi connectivity index (χ2n) is 4.39. The summed E-state index contributed by atoms with van der Waals surface area (Å²) < 4.78 is 13.4. The lowest BCUT2D eigenvalue weighted by Gasteiger charge is -2.06. The number of carboxylic acid groups (broad SMARTS) is 1. The molecule has 5 heteroatoms. The van der Waals surface area contributed by atoms with E-state index in [1.165, 1.54) is 17.8 Å². The molecular formula is C16H10FNO2S. The summed E-state index contributed by atoms with van der Waals surface area (Å²) in [7, 11) is 0. The molecular weight excluding hydrogens is 289 g/mol. The van der Waals surface area contributed by atoms with E-state index in [1.807, 2.05) is 30.3 Å². The number of rotatable bonds is 3. The van der Waals surface area contributed by atoms with Gasteiger partial charge in [0.2, 0.25) is 0 Å².